The lowest BCUT2D eigenvalue weighted by Gasteiger charge is -2.20. The predicted molar refractivity (Wildman–Crippen MR) is 71.3 cm³/mol. The number of thiazole rings is 1. The highest BCUT2D eigenvalue weighted by molar-refractivity contribution is 7.11. The Morgan fingerprint density at radius 3 is 2.24 bits per heavy atom. The predicted octanol–water partition coefficient (Wildman–Crippen LogP) is 2.71. The second-order valence-corrected chi connectivity index (χ2v) is 6.14. The largest absolute Gasteiger partial charge is 0.319 e. The number of nitrogens with zero attached hydrogens (tertiary/aromatic N) is 1. The lowest BCUT2D eigenvalue weighted by Crippen LogP contribution is -2.37. The standard InChI is InChI=1S/C14H16N2S/c1-9-10(2)17-13(16-9)14(15)7-11-5-3-4-6-12(11)8-14/h3-6H,7-8,15H2,1-2H3. The molecule has 0 fully saturated rings. The van der Waals surface area contributed by atoms with Gasteiger partial charge in [0.05, 0.1) is 11.2 Å². The van der Waals surface area contributed by atoms with Crippen molar-refractivity contribution < 1.29 is 0 Å². The van der Waals surface area contributed by atoms with Crippen LogP contribution in [0.25, 0.3) is 0 Å². The van der Waals surface area contributed by atoms with Gasteiger partial charge >= 0.3 is 0 Å². The van der Waals surface area contributed by atoms with Gasteiger partial charge in [-0.1, -0.05) is 24.3 Å². The summed E-state index contributed by atoms with van der Waals surface area (Å²) in [7, 11) is 0. The monoisotopic (exact) mass is 244 g/mol. The van der Waals surface area contributed by atoms with Crippen LogP contribution in [0.15, 0.2) is 24.3 Å². The Morgan fingerprint density at radius 1 is 1.18 bits per heavy atom. The SMILES string of the molecule is Cc1nc(C2(N)Cc3ccccc3C2)sc1C. The van der Waals surface area contributed by atoms with Crippen LogP contribution in [-0.2, 0) is 18.4 Å². The first-order valence-corrected chi connectivity index (χ1v) is 6.70. The molecule has 0 atom stereocenters. The van der Waals surface area contributed by atoms with Crippen LogP contribution in [0.4, 0.5) is 0 Å². The third-order valence-corrected chi connectivity index (χ3v) is 4.88. The average Bonchev–Trinajstić information content (AvgIpc) is 2.80. The molecule has 2 aromatic rings. The molecule has 0 amide bonds. The van der Waals surface area contributed by atoms with Gasteiger partial charge in [0.25, 0.3) is 0 Å². The van der Waals surface area contributed by atoms with E-state index in [-0.39, 0.29) is 5.54 Å². The molecule has 17 heavy (non-hydrogen) atoms. The minimum atomic E-state index is -0.284. The Kier molecular flexibility index (Phi) is 2.35. The number of hydrogen-bond donors (Lipinski definition) is 1. The van der Waals surface area contributed by atoms with E-state index in [1.165, 1.54) is 16.0 Å². The highest BCUT2D eigenvalue weighted by atomic mass is 32.1. The zero-order valence-electron chi connectivity index (χ0n) is 10.2. The summed E-state index contributed by atoms with van der Waals surface area (Å²) in [6.45, 7) is 4.17. The Hall–Kier alpha value is -1.19. The normalized spacial score (nSPS) is 17.1. The van der Waals surface area contributed by atoms with Gasteiger partial charge < -0.3 is 5.73 Å². The molecule has 0 radical (unpaired) electrons. The summed E-state index contributed by atoms with van der Waals surface area (Å²) in [4.78, 5) is 5.92. The van der Waals surface area contributed by atoms with Crippen molar-refractivity contribution in [3.05, 3.63) is 51.0 Å². The summed E-state index contributed by atoms with van der Waals surface area (Å²) in [5, 5.41) is 1.09. The van der Waals surface area contributed by atoms with Crippen molar-refractivity contribution in [2.75, 3.05) is 0 Å². The van der Waals surface area contributed by atoms with Gasteiger partial charge in [0.15, 0.2) is 0 Å². The average molecular weight is 244 g/mol. The van der Waals surface area contributed by atoms with Gasteiger partial charge in [-0.2, -0.15) is 0 Å². The fourth-order valence-electron chi connectivity index (χ4n) is 2.48. The molecule has 0 saturated carbocycles. The molecule has 3 rings (SSSR count). The summed E-state index contributed by atoms with van der Waals surface area (Å²) in [6.07, 6.45) is 1.82. The maximum atomic E-state index is 6.56. The van der Waals surface area contributed by atoms with Crippen LogP contribution in [0, 0.1) is 13.8 Å². The quantitative estimate of drug-likeness (QED) is 0.837. The van der Waals surface area contributed by atoms with E-state index in [2.05, 4.69) is 43.1 Å². The fourth-order valence-corrected chi connectivity index (χ4v) is 3.50. The maximum absolute atomic E-state index is 6.56. The third kappa shape index (κ3) is 1.70. The van der Waals surface area contributed by atoms with Gasteiger partial charge in [-0.15, -0.1) is 11.3 Å². The van der Waals surface area contributed by atoms with Crippen LogP contribution in [0.1, 0.15) is 26.7 Å². The van der Waals surface area contributed by atoms with Crippen LogP contribution in [0.2, 0.25) is 0 Å². The summed E-state index contributed by atoms with van der Waals surface area (Å²) in [5.41, 5.74) is 10.1. The van der Waals surface area contributed by atoms with Crippen molar-refractivity contribution in [2.24, 2.45) is 5.73 Å². The molecular weight excluding hydrogens is 228 g/mol. The molecular formula is C14H16N2S. The fraction of sp³-hybridized carbons (Fsp3) is 0.357. The molecule has 1 aliphatic carbocycles. The first kappa shape index (κ1) is 10.9. The number of aryl methyl sites for hydroxylation is 2. The van der Waals surface area contributed by atoms with E-state index in [0.29, 0.717) is 0 Å². The van der Waals surface area contributed by atoms with Crippen molar-refractivity contribution >= 4 is 11.3 Å². The lowest BCUT2D eigenvalue weighted by molar-refractivity contribution is 0.469. The van der Waals surface area contributed by atoms with E-state index < -0.39 is 0 Å². The van der Waals surface area contributed by atoms with Crippen LogP contribution >= 0.6 is 11.3 Å². The Bertz CT molecular complexity index is 527. The van der Waals surface area contributed by atoms with E-state index in [4.69, 9.17) is 5.73 Å². The Morgan fingerprint density at radius 2 is 1.76 bits per heavy atom. The van der Waals surface area contributed by atoms with Crippen LogP contribution in [0.5, 0.6) is 0 Å². The second-order valence-electron chi connectivity index (χ2n) is 4.94. The van der Waals surface area contributed by atoms with E-state index in [9.17, 15) is 0 Å². The van der Waals surface area contributed by atoms with Crippen LogP contribution in [-0.4, -0.2) is 4.98 Å². The van der Waals surface area contributed by atoms with Gasteiger partial charge in [0.1, 0.15) is 5.01 Å². The van der Waals surface area contributed by atoms with Gasteiger partial charge in [-0.25, -0.2) is 4.98 Å². The first-order valence-electron chi connectivity index (χ1n) is 5.89. The molecule has 1 aliphatic rings. The number of hydrogen-bond acceptors (Lipinski definition) is 3. The number of benzene rings is 1. The maximum Gasteiger partial charge on any atom is 0.114 e. The molecule has 0 spiro atoms. The summed E-state index contributed by atoms with van der Waals surface area (Å²) < 4.78 is 0. The van der Waals surface area contributed by atoms with E-state index in [1.807, 2.05) is 0 Å². The van der Waals surface area contributed by atoms with Crippen molar-refractivity contribution in [2.45, 2.75) is 32.2 Å². The van der Waals surface area contributed by atoms with Gasteiger partial charge in [-0.05, 0) is 37.8 Å². The van der Waals surface area contributed by atoms with Crippen LogP contribution in [0.3, 0.4) is 0 Å². The lowest BCUT2D eigenvalue weighted by atomic mass is 9.98. The molecule has 2 N–H and O–H groups in total. The minimum absolute atomic E-state index is 0.284. The first-order chi connectivity index (χ1) is 8.08. The van der Waals surface area contributed by atoms with Crippen molar-refractivity contribution in [1.29, 1.82) is 0 Å². The minimum Gasteiger partial charge on any atom is -0.319 e. The van der Waals surface area contributed by atoms with E-state index in [0.717, 1.165) is 23.5 Å². The molecule has 0 aliphatic heterocycles. The van der Waals surface area contributed by atoms with E-state index >= 15 is 0 Å². The summed E-state index contributed by atoms with van der Waals surface area (Å²) in [6, 6.07) is 8.53. The summed E-state index contributed by atoms with van der Waals surface area (Å²) >= 11 is 1.74. The van der Waals surface area contributed by atoms with Gasteiger partial charge in [-0.3, -0.25) is 0 Å². The van der Waals surface area contributed by atoms with Gasteiger partial charge in [0.2, 0.25) is 0 Å². The molecule has 0 bridgehead atoms. The zero-order valence-corrected chi connectivity index (χ0v) is 11.0. The number of aromatic nitrogens is 1. The molecule has 1 aromatic carbocycles. The highest BCUT2D eigenvalue weighted by Crippen LogP contribution is 2.37. The van der Waals surface area contributed by atoms with Crippen LogP contribution < -0.4 is 5.73 Å². The molecule has 1 aromatic heterocycles. The zero-order chi connectivity index (χ0) is 12.0. The molecule has 0 unspecified atom stereocenters. The molecule has 88 valence electrons. The van der Waals surface area contributed by atoms with Crippen molar-refractivity contribution in [3.63, 3.8) is 0 Å². The Balaban J connectivity index is 2.01. The van der Waals surface area contributed by atoms with Crippen molar-refractivity contribution in [3.8, 4) is 0 Å². The third-order valence-electron chi connectivity index (χ3n) is 3.58. The van der Waals surface area contributed by atoms with Gasteiger partial charge in [0, 0.05) is 4.88 Å². The highest BCUT2D eigenvalue weighted by Gasteiger charge is 2.37. The number of fused-ring (bicyclic) bond motifs is 1. The number of rotatable bonds is 1. The summed E-state index contributed by atoms with van der Waals surface area (Å²) in [5.74, 6) is 0. The second kappa shape index (κ2) is 3.65. The molecule has 3 heteroatoms. The molecule has 1 heterocycles. The smallest absolute Gasteiger partial charge is 0.114 e. The Labute approximate surface area is 106 Å². The molecule has 0 saturated heterocycles. The van der Waals surface area contributed by atoms with E-state index in [1.54, 1.807) is 11.3 Å². The number of nitrogens with two attached hydrogens (primary N) is 1. The topological polar surface area (TPSA) is 38.9 Å². The molecule has 2 nitrogen and oxygen atoms in total. The van der Waals surface area contributed by atoms with Crippen molar-refractivity contribution in [1.82, 2.24) is 4.98 Å².